The lowest BCUT2D eigenvalue weighted by Crippen LogP contribution is -2.18. The van der Waals surface area contributed by atoms with E-state index in [-0.39, 0.29) is 0 Å². The van der Waals surface area contributed by atoms with E-state index in [2.05, 4.69) is 20.0 Å². The van der Waals surface area contributed by atoms with Gasteiger partial charge in [-0.2, -0.15) is 0 Å². The molecule has 12 heteroatoms. The van der Waals surface area contributed by atoms with E-state index < -0.39 is 10.0 Å². The average molecular weight is 660 g/mol. The lowest BCUT2D eigenvalue weighted by molar-refractivity contribution is 0.415. The van der Waals surface area contributed by atoms with E-state index in [9.17, 15) is 8.42 Å². The highest BCUT2D eigenvalue weighted by Gasteiger charge is 2.12. The Morgan fingerprint density at radius 1 is 0.952 bits per heavy atom. The van der Waals surface area contributed by atoms with Crippen LogP contribution in [0.1, 0.15) is 10.6 Å². The summed E-state index contributed by atoms with van der Waals surface area (Å²) in [5.74, 6) is 0.810. The largest absolute Gasteiger partial charge is 0.497 e. The number of hydrogen-bond donors (Lipinski definition) is 1. The van der Waals surface area contributed by atoms with Crippen LogP contribution in [-0.2, 0) is 29.4 Å². The van der Waals surface area contributed by atoms with Crippen molar-refractivity contribution < 1.29 is 13.2 Å². The van der Waals surface area contributed by atoms with Gasteiger partial charge in [-0.05, 0) is 66.1 Å². The van der Waals surface area contributed by atoms with Crippen LogP contribution in [0.5, 0.6) is 5.75 Å². The molecule has 0 aliphatic heterocycles. The normalized spacial score (nSPS) is 12.0. The molecular weight excluding hydrogens is 631 g/mol. The maximum atomic E-state index is 11.6. The summed E-state index contributed by atoms with van der Waals surface area (Å²) in [4.78, 5) is 10.7. The third kappa shape index (κ3) is 7.81. The highest BCUT2D eigenvalue weighted by atomic mass is 35.5. The number of ether oxygens (including phenoxy) is 1. The van der Waals surface area contributed by atoms with Crippen LogP contribution in [0.3, 0.4) is 0 Å². The maximum absolute atomic E-state index is 11.6. The number of aryl methyl sites for hydroxylation is 1. The zero-order valence-electron chi connectivity index (χ0n) is 22.9. The Labute approximate surface area is 263 Å². The van der Waals surface area contributed by atoms with Crippen molar-refractivity contribution in [2.75, 3.05) is 24.6 Å². The van der Waals surface area contributed by atoms with Crippen molar-refractivity contribution in [3.63, 3.8) is 0 Å². The molecule has 0 aliphatic carbocycles. The van der Waals surface area contributed by atoms with E-state index in [0.717, 1.165) is 56.3 Å². The van der Waals surface area contributed by atoms with Crippen molar-refractivity contribution in [1.82, 2.24) is 9.55 Å². The number of anilines is 1. The molecule has 0 saturated carbocycles. The summed E-state index contributed by atoms with van der Waals surface area (Å²) in [7, 11) is -1.70. The van der Waals surface area contributed by atoms with Gasteiger partial charge in [0.15, 0.2) is 4.80 Å². The fraction of sp³-hybridized carbons (Fsp3) is 0.200. The van der Waals surface area contributed by atoms with Gasteiger partial charge in [-0.15, -0.1) is 22.7 Å². The molecule has 0 amide bonds. The second-order valence-electron chi connectivity index (χ2n) is 9.48. The first-order chi connectivity index (χ1) is 20.2. The van der Waals surface area contributed by atoms with Gasteiger partial charge in [-0.3, -0.25) is 9.71 Å². The van der Waals surface area contributed by atoms with Crippen molar-refractivity contribution in [2.24, 2.45) is 4.99 Å². The highest BCUT2D eigenvalue weighted by molar-refractivity contribution is 7.92. The van der Waals surface area contributed by atoms with Crippen LogP contribution in [-0.4, -0.2) is 37.9 Å². The molecule has 5 rings (SSSR count). The quantitative estimate of drug-likeness (QED) is 0.160. The number of thiazole rings is 2. The van der Waals surface area contributed by atoms with Crippen LogP contribution in [0.25, 0.3) is 22.5 Å². The van der Waals surface area contributed by atoms with Crippen LogP contribution in [0.4, 0.5) is 5.69 Å². The first-order valence-electron chi connectivity index (χ1n) is 13.0. The number of nitrogens with zero attached hydrogens (tertiary/aromatic N) is 3. The van der Waals surface area contributed by atoms with Gasteiger partial charge in [0.1, 0.15) is 5.75 Å². The summed E-state index contributed by atoms with van der Waals surface area (Å²) in [6.07, 6.45) is 2.55. The third-order valence-electron chi connectivity index (χ3n) is 6.41. The lowest BCUT2D eigenvalue weighted by Gasteiger charge is -2.10. The topological polar surface area (TPSA) is 85.6 Å². The second-order valence-corrected chi connectivity index (χ2v) is 13.9. The number of sulfonamides is 1. The molecule has 0 radical (unpaired) electrons. The Morgan fingerprint density at radius 3 is 2.38 bits per heavy atom. The molecule has 218 valence electrons. The summed E-state index contributed by atoms with van der Waals surface area (Å²) in [5, 5.41) is 6.42. The summed E-state index contributed by atoms with van der Waals surface area (Å²) in [5.41, 5.74) is 5.46. The first-order valence-corrected chi connectivity index (χ1v) is 17.4. The number of rotatable bonds is 11. The van der Waals surface area contributed by atoms with Crippen LogP contribution >= 0.6 is 45.9 Å². The zero-order chi connectivity index (χ0) is 29.7. The Morgan fingerprint density at radius 2 is 1.69 bits per heavy atom. The second kappa shape index (κ2) is 13.4. The molecule has 0 unspecified atom stereocenters. The molecule has 7 nitrogen and oxygen atoms in total. The van der Waals surface area contributed by atoms with Gasteiger partial charge in [0.05, 0.1) is 29.8 Å². The number of benzene rings is 3. The fourth-order valence-electron chi connectivity index (χ4n) is 4.35. The Hall–Kier alpha value is -3.15. The molecule has 0 saturated heterocycles. The first kappa shape index (κ1) is 30.3. The van der Waals surface area contributed by atoms with Crippen LogP contribution in [0.2, 0.25) is 10.0 Å². The summed E-state index contributed by atoms with van der Waals surface area (Å²) in [6.45, 7) is 1.25. The Balaban J connectivity index is 1.40. The molecule has 0 aliphatic rings. The lowest BCUT2D eigenvalue weighted by atomic mass is 10.1. The molecule has 3 aromatic carbocycles. The predicted octanol–water partition coefficient (Wildman–Crippen LogP) is 7.41. The van der Waals surface area contributed by atoms with E-state index in [4.69, 9.17) is 37.9 Å². The van der Waals surface area contributed by atoms with Crippen LogP contribution in [0, 0.1) is 0 Å². The minimum Gasteiger partial charge on any atom is -0.497 e. The van der Waals surface area contributed by atoms with Crippen molar-refractivity contribution in [3.8, 4) is 28.3 Å². The molecular formula is C30H28Cl2N4O3S3. The van der Waals surface area contributed by atoms with Crippen molar-refractivity contribution in [3.05, 3.63) is 103 Å². The predicted molar refractivity (Wildman–Crippen MR) is 175 cm³/mol. The molecule has 0 spiro atoms. The van der Waals surface area contributed by atoms with E-state index in [1.165, 1.54) is 0 Å². The molecule has 0 bridgehead atoms. The number of methoxy groups -OCH3 is 1. The minimum absolute atomic E-state index is 0.515. The van der Waals surface area contributed by atoms with Gasteiger partial charge in [-0.1, -0.05) is 41.4 Å². The van der Waals surface area contributed by atoms with E-state index in [1.54, 1.807) is 48.0 Å². The summed E-state index contributed by atoms with van der Waals surface area (Å²) in [6, 6.07) is 20.8. The van der Waals surface area contributed by atoms with Crippen LogP contribution in [0.15, 0.2) is 82.5 Å². The molecule has 0 atom stereocenters. The SMILES string of the molecule is COc1ccc(-c2csc(CCn3c(-c4ccc(NS(C)(=O)=O)cc4)csc3=NCCc3ccc(Cl)cc3Cl)n2)cc1. The highest BCUT2D eigenvalue weighted by Crippen LogP contribution is 2.27. The average Bonchev–Trinajstić information content (AvgIpc) is 3.60. The van der Waals surface area contributed by atoms with Gasteiger partial charge in [0, 0.05) is 51.6 Å². The fourth-order valence-corrected chi connectivity index (χ4v) is 7.18. The Kier molecular flexibility index (Phi) is 9.70. The third-order valence-corrected chi connectivity index (χ3v) is 9.42. The minimum atomic E-state index is -3.36. The number of hydrogen-bond acceptors (Lipinski definition) is 7. The maximum Gasteiger partial charge on any atom is 0.229 e. The van der Waals surface area contributed by atoms with Gasteiger partial charge >= 0.3 is 0 Å². The summed E-state index contributed by atoms with van der Waals surface area (Å²) >= 11 is 15.6. The zero-order valence-corrected chi connectivity index (χ0v) is 26.8. The number of nitrogens with one attached hydrogen (secondary N) is 1. The van der Waals surface area contributed by atoms with Gasteiger partial charge in [0.25, 0.3) is 0 Å². The standard InChI is InChI=1S/C30H28Cl2N4O3S3/c1-39-25-11-6-21(7-12-25)27-18-40-29(34-27)14-16-36-28(22-4-9-24(10-5-22)35-42(2,37)38)19-41-30(36)33-15-13-20-3-8-23(31)17-26(20)32/h3-12,17-19,35H,13-16H2,1-2H3. The van der Waals surface area contributed by atoms with E-state index >= 15 is 0 Å². The smallest absolute Gasteiger partial charge is 0.229 e. The monoisotopic (exact) mass is 658 g/mol. The van der Waals surface area contributed by atoms with Crippen molar-refractivity contribution in [1.29, 1.82) is 0 Å². The molecule has 2 aromatic heterocycles. The Bertz CT molecular complexity index is 1850. The van der Waals surface area contributed by atoms with Gasteiger partial charge < -0.3 is 9.30 Å². The van der Waals surface area contributed by atoms with E-state index in [0.29, 0.717) is 35.2 Å². The summed E-state index contributed by atoms with van der Waals surface area (Å²) < 4.78 is 33.3. The van der Waals surface area contributed by atoms with Gasteiger partial charge in [0.2, 0.25) is 10.0 Å². The van der Waals surface area contributed by atoms with Gasteiger partial charge in [-0.25, -0.2) is 13.4 Å². The van der Waals surface area contributed by atoms with Crippen molar-refractivity contribution >= 4 is 61.6 Å². The van der Waals surface area contributed by atoms with E-state index in [1.807, 2.05) is 48.5 Å². The molecule has 5 aromatic rings. The number of halogens is 2. The molecule has 0 fully saturated rings. The van der Waals surface area contributed by atoms with Crippen LogP contribution < -0.4 is 14.3 Å². The molecule has 42 heavy (non-hydrogen) atoms. The molecule has 1 N–H and O–H groups in total. The molecule has 2 heterocycles. The number of aromatic nitrogens is 2. The van der Waals surface area contributed by atoms with Crippen molar-refractivity contribution in [2.45, 2.75) is 19.4 Å².